The lowest BCUT2D eigenvalue weighted by Crippen LogP contribution is -2.45. The minimum atomic E-state index is 0.216. The zero-order valence-corrected chi connectivity index (χ0v) is 10.5. The summed E-state index contributed by atoms with van der Waals surface area (Å²) < 4.78 is 4.92. The topological polar surface area (TPSA) is 62.9 Å². The average molecular weight is 216 g/mol. The van der Waals surface area contributed by atoms with Crippen molar-refractivity contribution in [1.29, 1.82) is 0 Å². The van der Waals surface area contributed by atoms with E-state index in [1.807, 2.05) is 11.9 Å². The molecule has 0 unspecified atom stereocenters. The van der Waals surface area contributed by atoms with Gasteiger partial charge in [-0.1, -0.05) is 20.8 Å². The van der Waals surface area contributed by atoms with E-state index in [4.69, 9.17) is 10.6 Å². The number of nitrogens with zero attached hydrogens (tertiary/aromatic N) is 2. The summed E-state index contributed by atoms with van der Waals surface area (Å²) in [5, 5.41) is 0. The summed E-state index contributed by atoms with van der Waals surface area (Å²) in [5.41, 5.74) is 2.82. The molecule has 0 atom stereocenters. The van der Waals surface area contributed by atoms with Crippen LogP contribution in [0.4, 0.5) is 0 Å². The number of ether oxygens (including phenoxy) is 1. The third kappa shape index (κ3) is 7.16. The summed E-state index contributed by atoms with van der Waals surface area (Å²) in [6.45, 7) is 8.63. The first-order valence-electron chi connectivity index (χ1n) is 5.12. The molecule has 0 amide bonds. The molecule has 15 heavy (non-hydrogen) atoms. The van der Waals surface area contributed by atoms with E-state index in [9.17, 15) is 0 Å². The molecule has 5 heteroatoms. The molecule has 5 nitrogen and oxygen atoms in total. The van der Waals surface area contributed by atoms with Crippen molar-refractivity contribution in [2.24, 2.45) is 16.3 Å². The molecule has 0 saturated heterocycles. The largest absolute Gasteiger partial charge is 0.383 e. The number of methoxy groups -OCH3 is 1. The van der Waals surface area contributed by atoms with Crippen molar-refractivity contribution in [3.63, 3.8) is 0 Å². The van der Waals surface area contributed by atoms with Gasteiger partial charge in [0.05, 0.1) is 13.2 Å². The maximum Gasteiger partial charge on any atom is 0.208 e. The molecule has 0 aromatic carbocycles. The first-order chi connectivity index (χ1) is 6.90. The second-order valence-corrected chi connectivity index (χ2v) is 4.76. The van der Waals surface area contributed by atoms with E-state index in [1.165, 1.54) is 0 Å². The highest BCUT2D eigenvalue weighted by Gasteiger charge is 2.15. The van der Waals surface area contributed by atoms with Gasteiger partial charge in [-0.3, -0.25) is 5.43 Å². The Morgan fingerprint density at radius 3 is 2.47 bits per heavy atom. The molecular weight excluding hydrogens is 192 g/mol. The second kappa shape index (κ2) is 6.63. The molecule has 0 rings (SSSR count). The fourth-order valence-electron chi connectivity index (χ4n) is 1.31. The monoisotopic (exact) mass is 216 g/mol. The van der Waals surface area contributed by atoms with Gasteiger partial charge in [0.1, 0.15) is 0 Å². The van der Waals surface area contributed by atoms with Crippen LogP contribution in [-0.4, -0.2) is 44.7 Å². The summed E-state index contributed by atoms with van der Waals surface area (Å²) in [7, 11) is 3.63. The first kappa shape index (κ1) is 14.2. The van der Waals surface area contributed by atoms with Gasteiger partial charge in [-0.25, -0.2) is 10.8 Å². The standard InChI is InChI=1S/C10H24N4O/c1-10(2,3)8-14(4)9(13-11)12-6-7-15-5/h6-8,11H2,1-5H3,(H,12,13). The Morgan fingerprint density at radius 1 is 1.47 bits per heavy atom. The van der Waals surface area contributed by atoms with E-state index >= 15 is 0 Å². The van der Waals surface area contributed by atoms with Crippen LogP contribution >= 0.6 is 0 Å². The van der Waals surface area contributed by atoms with Crippen LogP contribution in [0.25, 0.3) is 0 Å². The van der Waals surface area contributed by atoms with Crippen LogP contribution in [0.3, 0.4) is 0 Å². The summed E-state index contributed by atoms with van der Waals surface area (Å²) in [4.78, 5) is 6.31. The van der Waals surface area contributed by atoms with Crippen LogP contribution in [0, 0.1) is 5.41 Å². The summed E-state index contributed by atoms with van der Waals surface area (Å²) in [6.07, 6.45) is 0. The van der Waals surface area contributed by atoms with Crippen LogP contribution in [0.15, 0.2) is 4.99 Å². The summed E-state index contributed by atoms with van der Waals surface area (Å²) in [6, 6.07) is 0. The maximum atomic E-state index is 5.41. The first-order valence-corrected chi connectivity index (χ1v) is 5.12. The molecule has 0 radical (unpaired) electrons. The number of hydrogen-bond acceptors (Lipinski definition) is 3. The van der Waals surface area contributed by atoms with Gasteiger partial charge in [-0.2, -0.15) is 0 Å². The Kier molecular flexibility index (Phi) is 6.27. The molecule has 0 heterocycles. The smallest absolute Gasteiger partial charge is 0.208 e. The van der Waals surface area contributed by atoms with Crippen molar-refractivity contribution in [3.05, 3.63) is 0 Å². The van der Waals surface area contributed by atoms with Gasteiger partial charge >= 0.3 is 0 Å². The van der Waals surface area contributed by atoms with E-state index < -0.39 is 0 Å². The van der Waals surface area contributed by atoms with Crippen molar-refractivity contribution in [2.45, 2.75) is 20.8 Å². The molecule has 90 valence electrons. The number of guanidine groups is 1. The molecule has 0 aliphatic heterocycles. The zero-order valence-electron chi connectivity index (χ0n) is 10.5. The van der Waals surface area contributed by atoms with E-state index in [0.717, 1.165) is 6.54 Å². The lowest BCUT2D eigenvalue weighted by molar-refractivity contribution is 0.207. The number of rotatable bonds is 4. The molecule has 0 fully saturated rings. The highest BCUT2D eigenvalue weighted by atomic mass is 16.5. The van der Waals surface area contributed by atoms with Crippen LogP contribution in [0.1, 0.15) is 20.8 Å². The summed E-state index contributed by atoms with van der Waals surface area (Å²) in [5.74, 6) is 6.11. The van der Waals surface area contributed by atoms with Gasteiger partial charge in [-0.15, -0.1) is 0 Å². The minimum absolute atomic E-state index is 0.216. The van der Waals surface area contributed by atoms with Crippen LogP contribution in [0.2, 0.25) is 0 Å². The Labute approximate surface area is 92.7 Å². The molecule has 0 aromatic heterocycles. The lowest BCUT2D eigenvalue weighted by atomic mass is 9.96. The number of hydrazine groups is 1. The minimum Gasteiger partial charge on any atom is -0.383 e. The van der Waals surface area contributed by atoms with E-state index in [-0.39, 0.29) is 5.41 Å². The van der Waals surface area contributed by atoms with Crippen LogP contribution < -0.4 is 11.3 Å². The SMILES string of the molecule is COCCN=C(NN)N(C)CC(C)(C)C. The fourth-order valence-corrected chi connectivity index (χ4v) is 1.31. The maximum absolute atomic E-state index is 5.41. The molecule has 0 aliphatic rings. The number of hydrogen-bond donors (Lipinski definition) is 2. The molecule has 0 spiro atoms. The summed E-state index contributed by atoms with van der Waals surface area (Å²) >= 11 is 0. The van der Waals surface area contributed by atoms with E-state index in [2.05, 4.69) is 31.2 Å². The van der Waals surface area contributed by atoms with Gasteiger partial charge in [0.2, 0.25) is 5.96 Å². The molecule has 0 saturated carbocycles. The Hall–Kier alpha value is -0.810. The Bertz CT molecular complexity index is 198. The number of nitrogens with one attached hydrogen (secondary N) is 1. The van der Waals surface area contributed by atoms with E-state index in [1.54, 1.807) is 7.11 Å². The Morgan fingerprint density at radius 2 is 2.07 bits per heavy atom. The van der Waals surface area contributed by atoms with Gasteiger partial charge in [0.25, 0.3) is 0 Å². The zero-order chi connectivity index (χ0) is 11.9. The lowest BCUT2D eigenvalue weighted by Gasteiger charge is -2.28. The Balaban J connectivity index is 4.21. The van der Waals surface area contributed by atoms with Gasteiger partial charge < -0.3 is 9.64 Å². The second-order valence-electron chi connectivity index (χ2n) is 4.76. The fraction of sp³-hybridized carbons (Fsp3) is 0.900. The van der Waals surface area contributed by atoms with Gasteiger partial charge in [0.15, 0.2) is 0 Å². The van der Waals surface area contributed by atoms with E-state index in [0.29, 0.717) is 19.1 Å². The van der Waals surface area contributed by atoms with Crippen LogP contribution in [-0.2, 0) is 4.74 Å². The third-order valence-corrected chi connectivity index (χ3v) is 1.76. The highest BCUT2D eigenvalue weighted by molar-refractivity contribution is 5.79. The van der Waals surface area contributed by atoms with Crippen molar-refractivity contribution >= 4 is 5.96 Å². The third-order valence-electron chi connectivity index (χ3n) is 1.76. The van der Waals surface area contributed by atoms with Crippen molar-refractivity contribution in [2.75, 3.05) is 33.9 Å². The van der Waals surface area contributed by atoms with Gasteiger partial charge in [0, 0.05) is 20.7 Å². The highest BCUT2D eigenvalue weighted by Crippen LogP contribution is 2.13. The van der Waals surface area contributed by atoms with Crippen molar-refractivity contribution in [1.82, 2.24) is 10.3 Å². The van der Waals surface area contributed by atoms with Crippen LogP contribution in [0.5, 0.6) is 0 Å². The molecule has 3 N–H and O–H groups in total. The van der Waals surface area contributed by atoms with Gasteiger partial charge in [-0.05, 0) is 5.41 Å². The van der Waals surface area contributed by atoms with Crippen molar-refractivity contribution < 1.29 is 4.74 Å². The average Bonchev–Trinajstić information content (AvgIpc) is 2.09. The molecular formula is C10H24N4O. The molecule has 0 aliphatic carbocycles. The predicted octanol–water partition coefficient (Wildman–Crippen LogP) is 0.430. The number of nitrogens with two attached hydrogens (primary N) is 1. The molecule has 0 aromatic rings. The van der Waals surface area contributed by atoms with Crippen molar-refractivity contribution in [3.8, 4) is 0 Å². The quantitative estimate of drug-likeness (QED) is 0.235. The predicted molar refractivity (Wildman–Crippen MR) is 63.6 cm³/mol. The number of aliphatic imine (C=N–C) groups is 1. The normalized spacial score (nSPS) is 12.8. The molecule has 0 bridgehead atoms.